The lowest BCUT2D eigenvalue weighted by atomic mass is 10.1. The summed E-state index contributed by atoms with van der Waals surface area (Å²) in [5.74, 6) is -1.52. The van der Waals surface area contributed by atoms with E-state index in [1.807, 2.05) is 6.07 Å². The lowest BCUT2D eigenvalue weighted by Gasteiger charge is -2.12. The molecule has 1 aromatic heterocycles. The first-order chi connectivity index (χ1) is 9.61. The summed E-state index contributed by atoms with van der Waals surface area (Å²) < 4.78 is 27.0. The number of halogens is 2. The van der Waals surface area contributed by atoms with E-state index in [1.165, 1.54) is 12.3 Å². The Morgan fingerprint density at radius 3 is 2.65 bits per heavy atom. The quantitative estimate of drug-likeness (QED) is 0.880. The molecule has 3 nitrogen and oxygen atoms in total. The monoisotopic (exact) mass is 292 g/mol. The third-order valence-electron chi connectivity index (χ3n) is 2.59. The van der Waals surface area contributed by atoms with Gasteiger partial charge in [-0.3, -0.25) is 0 Å². The summed E-state index contributed by atoms with van der Waals surface area (Å²) in [6, 6.07) is 8.51. The smallest absolute Gasteiger partial charge is 0.131 e. The van der Waals surface area contributed by atoms with Gasteiger partial charge >= 0.3 is 0 Å². The second-order valence-electron chi connectivity index (χ2n) is 3.96. The summed E-state index contributed by atoms with van der Waals surface area (Å²) in [6.45, 7) is 0. The van der Waals surface area contributed by atoms with Crippen LogP contribution in [0.1, 0.15) is 17.2 Å². The molecule has 1 unspecified atom stereocenters. The topological polar surface area (TPSA) is 56.9 Å². The van der Waals surface area contributed by atoms with Gasteiger partial charge in [-0.15, -0.1) is 11.8 Å². The molecule has 0 saturated carbocycles. The zero-order valence-electron chi connectivity index (χ0n) is 10.3. The van der Waals surface area contributed by atoms with E-state index in [-0.39, 0.29) is 11.3 Å². The van der Waals surface area contributed by atoms with E-state index < -0.39 is 17.7 Å². The van der Waals surface area contributed by atoms with Crippen LogP contribution in [0.15, 0.2) is 41.6 Å². The van der Waals surface area contributed by atoms with Crippen molar-refractivity contribution in [3.05, 3.63) is 59.3 Å². The normalized spacial score (nSPS) is 11.9. The van der Waals surface area contributed by atoms with Crippen molar-refractivity contribution >= 4 is 11.8 Å². The molecule has 1 atom stereocenters. The first kappa shape index (κ1) is 14.4. The Morgan fingerprint density at radius 1 is 1.30 bits per heavy atom. The van der Waals surface area contributed by atoms with Crippen LogP contribution in [0.2, 0.25) is 0 Å². The van der Waals surface area contributed by atoms with E-state index in [2.05, 4.69) is 4.98 Å². The molecule has 6 heteroatoms. The summed E-state index contributed by atoms with van der Waals surface area (Å²) in [6.07, 6.45) is 0.186. The summed E-state index contributed by atoms with van der Waals surface area (Å²) >= 11 is 1.12. The maximum atomic E-state index is 13.5. The van der Waals surface area contributed by atoms with Gasteiger partial charge in [0.2, 0.25) is 0 Å². The number of hydrogen-bond acceptors (Lipinski definition) is 4. The molecule has 102 valence electrons. The molecular formula is C14H10F2N2OS. The highest BCUT2D eigenvalue weighted by Crippen LogP contribution is 2.27. The van der Waals surface area contributed by atoms with Crippen molar-refractivity contribution in [2.45, 2.75) is 11.1 Å². The second-order valence-corrected chi connectivity index (χ2v) is 5.00. The number of thioether (sulfide) groups is 1. The molecule has 0 aliphatic rings. The highest BCUT2D eigenvalue weighted by Gasteiger charge is 2.18. The molecule has 20 heavy (non-hydrogen) atoms. The fraction of sp³-hybridized carbons (Fsp3) is 0.143. The van der Waals surface area contributed by atoms with E-state index >= 15 is 0 Å². The van der Waals surface area contributed by atoms with Crippen molar-refractivity contribution in [3.63, 3.8) is 0 Å². The summed E-state index contributed by atoms with van der Waals surface area (Å²) in [5.41, 5.74) is 0.0884. The fourth-order valence-electron chi connectivity index (χ4n) is 1.63. The Bertz CT molecular complexity index is 638. The van der Waals surface area contributed by atoms with Crippen molar-refractivity contribution in [3.8, 4) is 6.07 Å². The van der Waals surface area contributed by atoms with Crippen LogP contribution >= 0.6 is 11.8 Å². The molecule has 2 rings (SSSR count). The Balaban J connectivity index is 2.09. The van der Waals surface area contributed by atoms with Gasteiger partial charge in [0.1, 0.15) is 11.6 Å². The standard InChI is InChI=1S/C14H10F2N2OS/c15-10-2-1-3-11(16)14(10)12(19)8-20-13-6-9(7-17)4-5-18-13/h1-6,12,19H,8H2. The molecule has 1 aromatic carbocycles. The van der Waals surface area contributed by atoms with Gasteiger partial charge in [-0.2, -0.15) is 5.26 Å². The number of aliphatic hydroxyl groups is 1. The van der Waals surface area contributed by atoms with Crippen molar-refractivity contribution in [2.75, 3.05) is 5.75 Å². The van der Waals surface area contributed by atoms with Gasteiger partial charge in [0, 0.05) is 11.9 Å². The molecule has 0 saturated heterocycles. The predicted octanol–water partition coefficient (Wildman–Crippen LogP) is 3.06. The number of nitriles is 1. The van der Waals surface area contributed by atoms with Crippen LogP contribution < -0.4 is 0 Å². The average Bonchev–Trinajstić information content (AvgIpc) is 2.45. The van der Waals surface area contributed by atoms with Crippen LogP contribution in [0.4, 0.5) is 8.78 Å². The number of benzene rings is 1. The largest absolute Gasteiger partial charge is 0.387 e. The van der Waals surface area contributed by atoms with E-state index in [9.17, 15) is 13.9 Å². The predicted molar refractivity (Wildman–Crippen MR) is 71.0 cm³/mol. The van der Waals surface area contributed by atoms with Gasteiger partial charge < -0.3 is 5.11 Å². The van der Waals surface area contributed by atoms with Crippen LogP contribution in [-0.4, -0.2) is 15.8 Å². The van der Waals surface area contributed by atoms with Gasteiger partial charge in [0.05, 0.1) is 28.3 Å². The van der Waals surface area contributed by atoms with Gasteiger partial charge in [0.15, 0.2) is 0 Å². The molecule has 0 amide bonds. The van der Waals surface area contributed by atoms with Crippen molar-refractivity contribution in [2.24, 2.45) is 0 Å². The average molecular weight is 292 g/mol. The molecule has 1 N–H and O–H groups in total. The van der Waals surface area contributed by atoms with Crippen molar-refractivity contribution in [1.82, 2.24) is 4.98 Å². The van der Waals surface area contributed by atoms with Crippen LogP contribution in [0.25, 0.3) is 0 Å². The second kappa shape index (κ2) is 6.46. The fourth-order valence-corrected chi connectivity index (χ4v) is 2.48. The number of rotatable bonds is 4. The molecule has 0 spiro atoms. The minimum absolute atomic E-state index is 0.0414. The first-order valence-corrected chi connectivity index (χ1v) is 6.71. The number of pyridine rings is 1. The van der Waals surface area contributed by atoms with Crippen LogP contribution in [0.3, 0.4) is 0 Å². The summed E-state index contributed by atoms with van der Waals surface area (Å²) in [5, 5.41) is 19.1. The minimum atomic E-state index is -1.28. The van der Waals surface area contributed by atoms with E-state index in [1.54, 1.807) is 12.1 Å². The van der Waals surface area contributed by atoms with Gasteiger partial charge in [-0.1, -0.05) is 6.07 Å². The first-order valence-electron chi connectivity index (χ1n) is 5.72. The Kier molecular flexibility index (Phi) is 4.66. The minimum Gasteiger partial charge on any atom is -0.387 e. The molecule has 0 bridgehead atoms. The zero-order valence-corrected chi connectivity index (χ0v) is 11.1. The Labute approximate surface area is 118 Å². The zero-order chi connectivity index (χ0) is 14.5. The maximum absolute atomic E-state index is 13.5. The van der Waals surface area contributed by atoms with Gasteiger partial charge in [0.25, 0.3) is 0 Å². The lowest BCUT2D eigenvalue weighted by Crippen LogP contribution is -2.06. The number of hydrogen-bond donors (Lipinski definition) is 1. The van der Waals surface area contributed by atoms with E-state index in [0.717, 1.165) is 23.9 Å². The highest BCUT2D eigenvalue weighted by molar-refractivity contribution is 7.99. The third-order valence-corrected chi connectivity index (χ3v) is 3.59. The maximum Gasteiger partial charge on any atom is 0.131 e. The van der Waals surface area contributed by atoms with Crippen molar-refractivity contribution < 1.29 is 13.9 Å². The van der Waals surface area contributed by atoms with Gasteiger partial charge in [-0.05, 0) is 24.3 Å². The van der Waals surface area contributed by atoms with E-state index in [0.29, 0.717) is 10.6 Å². The Hall–Kier alpha value is -1.97. The van der Waals surface area contributed by atoms with Crippen LogP contribution in [0, 0.1) is 23.0 Å². The van der Waals surface area contributed by atoms with Gasteiger partial charge in [-0.25, -0.2) is 13.8 Å². The van der Waals surface area contributed by atoms with Crippen molar-refractivity contribution in [1.29, 1.82) is 5.26 Å². The molecule has 0 aliphatic carbocycles. The summed E-state index contributed by atoms with van der Waals surface area (Å²) in [7, 11) is 0. The molecule has 0 fully saturated rings. The van der Waals surface area contributed by atoms with E-state index in [4.69, 9.17) is 5.26 Å². The molecule has 0 radical (unpaired) electrons. The number of aliphatic hydroxyl groups excluding tert-OH is 1. The molecule has 2 aromatic rings. The van der Waals surface area contributed by atoms with Crippen LogP contribution in [-0.2, 0) is 0 Å². The SMILES string of the molecule is N#Cc1ccnc(SCC(O)c2c(F)cccc2F)c1. The lowest BCUT2D eigenvalue weighted by molar-refractivity contribution is 0.193. The molecule has 1 heterocycles. The Morgan fingerprint density at radius 2 is 2.00 bits per heavy atom. The molecular weight excluding hydrogens is 282 g/mol. The summed E-state index contributed by atoms with van der Waals surface area (Å²) in [4.78, 5) is 4.01. The highest BCUT2D eigenvalue weighted by atomic mass is 32.2. The number of nitrogens with zero attached hydrogens (tertiary/aromatic N) is 2. The number of aromatic nitrogens is 1. The van der Waals surface area contributed by atoms with Crippen LogP contribution in [0.5, 0.6) is 0 Å². The third kappa shape index (κ3) is 3.32. The molecule has 0 aliphatic heterocycles.